The Kier molecular flexibility index (Phi) is 12.8. The molecule has 0 amide bonds. The van der Waals surface area contributed by atoms with E-state index in [1.807, 2.05) is 78.9 Å². The lowest BCUT2D eigenvalue weighted by molar-refractivity contribution is 0.661. The van der Waals surface area contributed by atoms with Gasteiger partial charge in [-0.1, -0.05) is 244 Å². The van der Waals surface area contributed by atoms with E-state index in [-0.39, 0.29) is 12.1 Å². The largest absolute Gasteiger partial charge is 0.311 e. The van der Waals surface area contributed by atoms with E-state index < -0.39 is 0 Å². The maximum absolute atomic E-state index is 5.56. The summed E-state index contributed by atoms with van der Waals surface area (Å²) in [4.78, 5) is 36.8. The van der Waals surface area contributed by atoms with Gasteiger partial charge in [-0.25, -0.2) is 29.9 Å². The van der Waals surface area contributed by atoms with Gasteiger partial charge in [0.05, 0.1) is 16.7 Å². The number of rotatable bonds is 10. The highest BCUT2D eigenvalue weighted by Crippen LogP contribution is 2.52. The predicted molar refractivity (Wildman–Crippen MR) is 397 cm³/mol. The van der Waals surface area contributed by atoms with Crippen LogP contribution in [0, 0.1) is 0 Å². The maximum atomic E-state index is 5.56. The molecule has 0 fully saturated rings. The molecule has 0 spiro atoms. The number of benzene rings is 13. The molecule has 454 valence electrons. The Balaban J connectivity index is 0.751. The molecule has 0 atom stereocenters. The smallest absolute Gasteiger partial charge is 0.252 e. The number of hydrogen-bond donors (Lipinski definition) is 0. The molecule has 0 saturated carbocycles. The molecule has 10 heteroatoms. The quantitative estimate of drug-likeness (QED) is 0.125. The summed E-state index contributed by atoms with van der Waals surface area (Å²) in [5.74, 6) is 3.27. The van der Waals surface area contributed by atoms with Crippen molar-refractivity contribution in [3.05, 3.63) is 327 Å². The monoisotopic (exact) mass is 1240 g/mol. The van der Waals surface area contributed by atoms with Gasteiger partial charge in [0.1, 0.15) is 0 Å². The minimum Gasteiger partial charge on any atom is -0.311 e. The Morgan fingerprint density at radius 3 is 1.29 bits per heavy atom. The van der Waals surface area contributed by atoms with Gasteiger partial charge in [-0.3, -0.25) is 0 Å². The summed E-state index contributed by atoms with van der Waals surface area (Å²) in [5, 5.41) is 2.31. The van der Waals surface area contributed by atoms with Crippen LogP contribution in [0.1, 0.15) is 25.0 Å². The first-order chi connectivity index (χ1) is 47.9. The Morgan fingerprint density at radius 2 is 0.701 bits per heavy atom. The van der Waals surface area contributed by atoms with Crippen molar-refractivity contribution in [2.45, 2.75) is 19.3 Å². The first-order valence-electron chi connectivity index (χ1n) is 33.0. The second-order valence-corrected chi connectivity index (χ2v) is 25.8. The van der Waals surface area contributed by atoms with Crippen molar-refractivity contribution in [1.82, 2.24) is 34.5 Å². The van der Waals surface area contributed by atoms with Crippen molar-refractivity contribution in [3.63, 3.8) is 0 Å². The second-order valence-electron chi connectivity index (χ2n) is 25.8. The van der Waals surface area contributed by atoms with Gasteiger partial charge in [0, 0.05) is 83.7 Å². The van der Waals surface area contributed by atoms with Crippen molar-refractivity contribution in [3.8, 4) is 96.3 Å². The highest BCUT2D eigenvalue weighted by Gasteiger charge is 2.43. The van der Waals surface area contributed by atoms with Gasteiger partial charge in [0.15, 0.2) is 34.9 Å². The number of nitrogens with zero attached hydrogens (tertiary/aromatic N) is 9. The molecule has 19 rings (SSSR count). The van der Waals surface area contributed by atoms with Crippen LogP contribution < -0.4 is 26.2 Å². The minimum atomic E-state index is -0.236. The molecule has 0 N–H and O–H groups in total. The zero-order valence-corrected chi connectivity index (χ0v) is 53.1. The van der Waals surface area contributed by atoms with E-state index in [0.717, 1.165) is 83.4 Å². The molecular formula is C87H58BN9. The van der Waals surface area contributed by atoms with Crippen LogP contribution in [0.3, 0.4) is 0 Å². The first kappa shape index (κ1) is 55.9. The lowest BCUT2D eigenvalue weighted by Crippen LogP contribution is -2.61. The van der Waals surface area contributed by atoms with Crippen molar-refractivity contribution in [2.24, 2.45) is 0 Å². The molecule has 3 aliphatic rings. The molecular weight excluding hydrogens is 1180 g/mol. The maximum Gasteiger partial charge on any atom is 0.252 e. The Hall–Kier alpha value is -12.7. The fraction of sp³-hybridized carbons (Fsp3) is 0.0345. The molecule has 16 aromatic rings. The topological polar surface area (TPSA) is 88.7 Å². The summed E-state index contributed by atoms with van der Waals surface area (Å²) < 4.78 is 2.40. The molecule has 97 heavy (non-hydrogen) atoms. The van der Waals surface area contributed by atoms with Crippen molar-refractivity contribution in [1.29, 1.82) is 0 Å². The third-order valence-corrected chi connectivity index (χ3v) is 19.9. The average molecular weight is 1240 g/mol. The molecule has 5 heterocycles. The van der Waals surface area contributed by atoms with Crippen LogP contribution in [0.5, 0.6) is 0 Å². The summed E-state index contributed by atoms with van der Waals surface area (Å²) in [6.07, 6.45) is 0. The van der Waals surface area contributed by atoms with Gasteiger partial charge in [0.25, 0.3) is 6.71 Å². The Labute approximate surface area is 562 Å². The van der Waals surface area contributed by atoms with E-state index in [4.69, 9.17) is 29.9 Å². The Bertz CT molecular complexity index is 5740. The van der Waals surface area contributed by atoms with Crippen LogP contribution in [0.2, 0.25) is 0 Å². The zero-order chi connectivity index (χ0) is 64.3. The fourth-order valence-electron chi connectivity index (χ4n) is 15.3. The molecule has 9 nitrogen and oxygen atoms in total. The fourth-order valence-corrected chi connectivity index (χ4v) is 15.3. The standard InChI is InChI=1S/C87H58BN9/c1-87(2)69-34-17-15-32-64(69)66-53-67-65-33-16-20-37-73(65)97(79(67)54-70(66)87)74-51-48-61(85-91-81(57-24-7-3-8-25-57)89-82(92-85)58-26-9-4-10-27-58)52-68(74)86-93-83(59-28-11-5-12-29-59)90-84(94-86)60-44-42-55(43-45-60)56-46-49-63(50-47-56)96-76-39-22-19-36-72(76)88-71-35-18-21-38-75(71)95(62-30-13-6-14-31-62)77-40-23-41-78(96)80(77)88/h3-54H,1-2H3. The average Bonchev–Trinajstić information content (AvgIpc) is 1.33. The van der Waals surface area contributed by atoms with E-state index in [9.17, 15) is 0 Å². The number of fused-ring (bicyclic) bond motifs is 10. The van der Waals surface area contributed by atoms with Crippen LogP contribution in [0.25, 0.3) is 118 Å². The van der Waals surface area contributed by atoms with E-state index in [2.05, 4.69) is 265 Å². The van der Waals surface area contributed by atoms with Gasteiger partial charge in [0.2, 0.25) is 0 Å². The summed E-state index contributed by atoms with van der Waals surface area (Å²) in [6.45, 7) is 4.76. The van der Waals surface area contributed by atoms with Crippen LogP contribution in [0.4, 0.5) is 34.1 Å². The third kappa shape index (κ3) is 9.09. The van der Waals surface area contributed by atoms with Crippen LogP contribution in [-0.2, 0) is 5.41 Å². The summed E-state index contributed by atoms with van der Waals surface area (Å²) in [6, 6.07) is 112. The molecule has 1 aliphatic carbocycles. The first-order valence-corrected chi connectivity index (χ1v) is 33.0. The third-order valence-electron chi connectivity index (χ3n) is 19.9. The normalized spacial score (nSPS) is 13.1. The van der Waals surface area contributed by atoms with Gasteiger partial charge in [-0.15, -0.1) is 0 Å². The minimum absolute atomic E-state index is 0.0704. The predicted octanol–water partition coefficient (Wildman–Crippen LogP) is 19.2. The number of hydrogen-bond acceptors (Lipinski definition) is 8. The van der Waals surface area contributed by atoms with Crippen LogP contribution in [-0.4, -0.2) is 41.2 Å². The van der Waals surface area contributed by atoms with E-state index in [1.54, 1.807) is 0 Å². The van der Waals surface area contributed by atoms with Crippen molar-refractivity contribution in [2.75, 3.05) is 9.80 Å². The molecule has 0 radical (unpaired) electrons. The summed E-state index contributed by atoms with van der Waals surface area (Å²) in [5.41, 5.74) is 26.0. The second kappa shape index (κ2) is 22.3. The Morgan fingerprint density at radius 1 is 0.268 bits per heavy atom. The lowest BCUT2D eigenvalue weighted by atomic mass is 9.33. The molecule has 0 saturated heterocycles. The number of anilines is 6. The highest BCUT2D eigenvalue weighted by molar-refractivity contribution is 7.00. The van der Waals surface area contributed by atoms with Gasteiger partial charge in [-0.2, -0.15) is 0 Å². The van der Waals surface area contributed by atoms with Crippen LogP contribution >= 0.6 is 0 Å². The number of para-hydroxylation sites is 4. The van der Waals surface area contributed by atoms with Gasteiger partial charge < -0.3 is 14.4 Å². The number of aromatic nitrogens is 7. The zero-order valence-electron chi connectivity index (χ0n) is 53.1. The van der Waals surface area contributed by atoms with E-state index >= 15 is 0 Å². The SMILES string of the molecule is CC1(C)c2ccccc2-c2cc3c4ccccc4n(-c4ccc(-c5nc(-c6ccccc6)nc(-c6ccccc6)n5)cc4-c4nc(-c5ccccc5)nc(-c5ccc(-c6ccc(N7c8ccccc8B8c9ccccc9N(c9ccccc9)c9cccc7c98)cc6)cc5)n4)c3cc21. The van der Waals surface area contributed by atoms with E-state index in [1.165, 1.54) is 61.4 Å². The molecule has 2 aliphatic heterocycles. The highest BCUT2D eigenvalue weighted by atomic mass is 15.2. The summed E-state index contributed by atoms with van der Waals surface area (Å²) in [7, 11) is 0. The molecule has 3 aromatic heterocycles. The van der Waals surface area contributed by atoms with E-state index in [0.29, 0.717) is 34.9 Å². The van der Waals surface area contributed by atoms with Crippen molar-refractivity contribution < 1.29 is 0 Å². The van der Waals surface area contributed by atoms with Crippen LogP contribution in [0.15, 0.2) is 315 Å². The lowest BCUT2D eigenvalue weighted by Gasteiger charge is -2.44. The van der Waals surface area contributed by atoms with Crippen molar-refractivity contribution >= 4 is 79.0 Å². The summed E-state index contributed by atoms with van der Waals surface area (Å²) >= 11 is 0. The van der Waals surface area contributed by atoms with Gasteiger partial charge in [-0.05, 0) is 135 Å². The van der Waals surface area contributed by atoms with Gasteiger partial charge >= 0.3 is 0 Å². The molecule has 0 bridgehead atoms. The molecule has 13 aromatic carbocycles. The molecule has 0 unspecified atom stereocenters.